The van der Waals surface area contributed by atoms with Crippen molar-refractivity contribution in [1.82, 2.24) is 19.9 Å². The van der Waals surface area contributed by atoms with E-state index >= 15 is 0 Å². The first-order chi connectivity index (χ1) is 14.6. The first kappa shape index (κ1) is 19.8. The summed E-state index contributed by atoms with van der Waals surface area (Å²) < 4.78 is 1.60. The van der Waals surface area contributed by atoms with E-state index in [-0.39, 0.29) is 11.5 Å². The van der Waals surface area contributed by atoms with Gasteiger partial charge in [-0.1, -0.05) is 35.9 Å². The van der Waals surface area contributed by atoms with Crippen molar-refractivity contribution in [3.63, 3.8) is 0 Å². The zero-order valence-electron chi connectivity index (χ0n) is 16.3. The molecule has 0 fully saturated rings. The number of pyridine rings is 1. The Hall–Kier alpha value is -3.51. The zero-order chi connectivity index (χ0) is 21.1. The van der Waals surface area contributed by atoms with Crippen LogP contribution in [-0.2, 0) is 13.1 Å². The number of halogens is 1. The molecule has 0 radical (unpaired) electrons. The molecular formula is C23H19ClN4O2. The normalized spacial score (nSPS) is 10.9. The van der Waals surface area contributed by atoms with Gasteiger partial charge in [0, 0.05) is 35.4 Å². The summed E-state index contributed by atoms with van der Waals surface area (Å²) in [6.45, 7) is 2.76. The summed E-state index contributed by atoms with van der Waals surface area (Å²) in [5.74, 6) is -0.205. The van der Waals surface area contributed by atoms with Gasteiger partial charge >= 0.3 is 0 Å². The molecule has 1 amide bonds. The maximum absolute atomic E-state index is 12.9. The minimum atomic E-state index is -0.207. The van der Waals surface area contributed by atoms with Crippen LogP contribution >= 0.6 is 11.6 Å². The average Bonchev–Trinajstić information content (AvgIpc) is 2.77. The number of hydrogen-bond acceptors (Lipinski definition) is 4. The predicted octanol–water partition coefficient (Wildman–Crippen LogP) is 4.06. The SMILES string of the molecule is CCn1c(=O)c(-c2ccc(C(=O)NCc3cccc(Cl)c3)cc2)nc2cccnc21. The Balaban J connectivity index is 1.58. The van der Waals surface area contributed by atoms with Gasteiger partial charge in [-0.3, -0.25) is 14.2 Å². The summed E-state index contributed by atoms with van der Waals surface area (Å²) in [7, 11) is 0. The second-order valence-electron chi connectivity index (χ2n) is 6.75. The van der Waals surface area contributed by atoms with Crippen LogP contribution < -0.4 is 10.9 Å². The lowest BCUT2D eigenvalue weighted by Gasteiger charge is -2.10. The Kier molecular flexibility index (Phi) is 5.59. The van der Waals surface area contributed by atoms with Crippen molar-refractivity contribution in [2.24, 2.45) is 0 Å². The summed E-state index contributed by atoms with van der Waals surface area (Å²) in [4.78, 5) is 34.1. The molecule has 0 saturated carbocycles. The Morgan fingerprint density at radius 3 is 2.63 bits per heavy atom. The molecule has 1 N–H and O–H groups in total. The van der Waals surface area contributed by atoms with E-state index in [2.05, 4.69) is 15.3 Å². The van der Waals surface area contributed by atoms with Crippen LogP contribution in [0.2, 0.25) is 5.02 Å². The summed E-state index contributed by atoms with van der Waals surface area (Å²) in [6.07, 6.45) is 1.64. The lowest BCUT2D eigenvalue weighted by Crippen LogP contribution is -2.24. The number of nitrogens with zero attached hydrogens (tertiary/aromatic N) is 3. The number of fused-ring (bicyclic) bond motifs is 1. The molecule has 0 atom stereocenters. The third-order valence-corrected chi connectivity index (χ3v) is 5.02. The molecule has 30 heavy (non-hydrogen) atoms. The molecule has 4 aromatic rings. The predicted molar refractivity (Wildman–Crippen MR) is 118 cm³/mol. The highest BCUT2D eigenvalue weighted by Crippen LogP contribution is 2.18. The second kappa shape index (κ2) is 8.47. The second-order valence-corrected chi connectivity index (χ2v) is 7.18. The monoisotopic (exact) mass is 418 g/mol. The summed E-state index contributed by atoms with van der Waals surface area (Å²) in [5, 5.41) is 3.49. The quantitative estimate of drug-likeness (QED) is 0.530. The van der Waals surface area contributed by atoms with Crippen LogP contribution in [0.15, 0.2) is 71.7 Å². The van der Waals surface area contributed by atoms with Crippen LogP contribution in [0.25, 0.3) is 22.4 Å². The standard InChI is InChI=1S/C23H19ClN4O2/c1-2-28-21-19(7-4-12-25-21)27-20(23(28)30)16-8-10-17(11-9-16)22(29)26-14-15-5-3-6-18(24)13-15/h3-13H,2,14H2,1H3,(H,26,29). The van der Waals surface area contributed by atoms with E-state index in [1.54, 1.807) is 47.2 Å². The number of aryl methyl sites for hydroxylation is 1. The third-order valence-electron chi connectivity index (χ3n) is 4.78. The van der Waals surface area contributed by atoms with E-state index in [4.69, 9.17) is 11.6 Å². The van der Waals surface area contributed by atoms with Gasteiger partial charge in [-0.2, -0.15) is 0 Å². The number of benzene rings is 2. The number of nitrogens with one attached hydrogen (secondary N) is 1. The molecule has 0 aliphatic heterocycles. The minimum Gasteiger partial charge on any atom is -0.348 e. The van der Waals surface area contributed by atoms with Gasteiger partial charge in [0.2, 0.25) is 0 Å². The van der Waals surface area contributed by atoms with Crippen molar-refractivity contribution < 1.29 is 4.79 Å². The largest absolute Gasteiger partial charge is 0.348 e. The topological polar surface area (TPSA) is 76.9 Å². The number of carbonyl (C=O) groups excluding carboxylic acids is 1. The first-order valence-corrected chi connectivity index (χ1v) is 9.93. The summed E-state index contributed by atoms with van der Waals surface area (Å²) in [5.41, 5.74) is 3.41. The minimum absolute atomic E-state index is 0.205. The van der Waals surface area contributed by atoms with E-state index in [9.17, 15) is 9.59 Å². The molecule has 0 aliphatic carbocycles. The molecule has 0 bridgehead atoms. The molecule has 4 rings (SSSR count). The van der Waals surface area contributed by atoms with Crippen molar-refractivity contribution >= 4 is 28.7 Å². The van der Waals surface area contributed by atoms with Crippen LogP contribution in [-0.4, -0.2) is 20.4 Å². The molecule has 0 unspecified atom stereocenters. The van der Waals surface area contributed by atoms with Gasteiger partial charge < -0.3 is 5.32 Å². The molecule has 2 aromatic carbocycles. The van der Waals surface area contributed by atoms with Gasteiger partial charge in [0.25, 0.3) is 11.5 Å². The van der Waals surface area contributed by atoms with Crippen LogP contribution in [0.4, 0.5) is 0 Å². The number of carbonyl (C=O) groups is 1. The van der Waals surface area contributed by atoms with E-state index in [1.165, 1.54) is 0 Å². The Morgan fingerprint density at radius 1 is 1.10 bits per heavy atom. The lowest BCUT2D eigenvalue weighted by atomic mass is 10.1. The van der Waals surface area contributed by atoms with Crippen molar-refractivity contribution in [1.29, 1.82) is 0 Å². The Bertz CT molecular complexity index is 1280. The maximum atomic E-state index is 12.9. The highest BCUT2D eigenvalue weighted by atomic mass is 35.5. The lowest BCUT2D eigenvalue weighted by molar-refractivity contribution is 0.0951. The van der Waals surface area contributed by atoms with Crippen molar-refractivity contribution in [3.8, 4) is 11.3 Å². The fourth-order valence-corrected chi connectivity index (χ4v) is 3.48. The van der Waals surface area contributed by atoms with Gasteiger partial charge in [-0.25, -0.2) is 9.97 Å². The fraction of sp³-hybridized carbons (Fsp3) is 0.130. The maximum Gasteiger partial charge on any atom is 0.278 e. The number of aromatic nitrogens is 3. The van der Waals surface area contributed by atoms with Crippen LogP contribution in [0.3, 0.4) is 0 Å². The Morgan fingerprint density at radius 2 is 1.90 bits per heavy atom. The van der Waals surface area contributed by atoms with Gasteiger partial charge in [0.05, 0.1) is 0 Å². The molecule has 6 nitrogen and oxygen atoms in total. The van der Waals surface area contributed by atoms with Gasteiger partial charge in [0.1, 0.15) is 11.2 Å². The van der Waals surface area contributed by atoms with E-state index in [1.807, 2.05) is 31.2 Å². The smallest absolute Gasteiger partial charge is 0.278 e. The van der Waals surface area contributed by atoms with Crippen LogP contribution in [0.1, 0.15) is 22.8 Å². The molecule has 2 heterocycles. The number of hydrogen-bond donors (Lipinski definition) is 1. The van der Waals surface area contributed by atoms with Crippen LogP contribution in [0, 0.1) is 0 Å². The molecule has 150 valence electrons. The van der Waals surface area contributed by atoms with E-state index in [0.29, 0.717) is 46.1 Å². The zero-order valence-corrected chi connectivity index (χ0v) is 17.1. The van der Waals surface area contributed by atoms with E-state index in [0.717, 1.165) is 5.56 Å². The Labute approximate surface area is 178 Å². The highest BCUT2D eigenvalue weighted by molar-refractivity contribution is 6.30. The highest BCUT2D eigenvalue weighted by Gasteiger charge is 2.13. The number of amides is 1. The first-order valence-electron chi connectivity index (χ1n) is 9.55. The van der Waals surface area contributed by atoms with Crippen molar-refractivity contribution in [2.75, 3.05) is 0 Å². The molecule has 0 spiro atoms. The summed E-state index contributed by atoms with van der Waals surface area (Å²) in [6, 6.07) is 17.8. The van der Waals surface area contributed by atoms with E-state index < -0.39 is 0 Å². The fourth-order valence-electron chi connectivity index (χ4n) is 3.27. The summed E-state index contributed by atoms with van der Waals surface area (Å²) >= 11 is 5.97. The van der Waals surface area contributed by atoms with Crippen LogP contribution in [0.5, 0.6) is 0 Å². The molecular weight excluding hydrogens is 400 g/mol. The molecule has 0 saturated heterocycles. The molecule has 0 aliphatic rings. The molecule has 7 heteroatoms. The van der Waals surface area contributed by atoms with Gasteiger partial charge in [-0.15, -0.1) is 0 Å². The third kappa shape index (κ3) is 3.95. The van der Waals surface area contributed by atoms with Gasteiger partial charge in [-0.05, 0) is 48.9 Å². The molecule has 2 aromatic heterocycles. The average molecular weight is 419 g/mol. The van der Waals surface area contributed by atoms with Crippen molar-refractivity contribution in [2.45, 2.75) is 20.0 Å². The van der Waals surface area contributed by atoms with Crippen molar-refractivity contribution in [3.05, 3.63) is 93.4 Å². The van der Waals surface area contributed by atoms with Gasteiger partial charge in [0.15, 0.2) is 5.65 Å². The number of rotatable bonds is 5.